The van der Waals surface area contributed by atoms with Crippen LogP contribution in [0.3, 0.4) is 0 Å². The van der Waals surface area contributed by atoms with E-state index in [9.17, 15) is 4.79 Å². The van der Waals surface area contributed by atoms with Crippen LogP contribution in [0.4, 0.5) is 0 Å². The summed E-state index contributed by atoms with van der Waals surface area (Å²) < 4.78 is 5.08. The number of rotatable bonds is 3. The van der Waals surface area contributed by atoms with E-state index in [4.69, 9.17) is 4.74 Å². The number of benzene rings is 1. The second-order valence-electron chi connectivity index (χ2n) is 3.17. The van der Waals surface area contributed by atoms with Crippen LogP contribution in [0.25, 0.3) is 6.08 Å². The Balaban J connectivity index is 2.94. The van der Waals surface area contributed by atoms with Crippen LogP contribution >= 0.6 is 0 Å². The summed E-state index contributed by atoms with van der Waals surface area (Å²) in [5, 5.41) is 0. The van der Waals surface area contributed by atoms with Gasteiger partial charge >= 0.3 is 0 Å². The Morgan fingerprint density at radius 1 is 1.43 bits per heavy atom. The highest BCUT2D eigenvalue weighted by Crippen LogP contribution is 2.17. The SMILES string of the molecule is COc1ccc(C=CC(C)=O)c(C)c1. The number of ketones is 1. The van der Waals surface area contributed by atoms with Crippen molar-refractivity contribution < 1.29 is 9.53 Å². The number of allylic oxidation sites excluding steroid dienone is 1. The molecule has 0 radical (unpaired) electrons. The average Bonchev–Trinajstić information content (AvgIpc) is 2.15. The number of hydrogen-bond acceptors (Lipinski definition) is 2. The molecule has 0 N–H and O–H groups in total. The fraction of sp³-hybridized carbons (Fsp3) is 0.250. The molecule has 0 bridgehead atoms. The lowest BCUT2D eigenvalue weighted by molar-refractivity contribution is -0.112. The first kappa shape index (κ1) is 10.5. The number of ether oxygens (including phenoxy) is 1. The maximum atomic E-state index is 10.7. The van der Waals surface area contributed by atoms with E-state index >= 15 is 0 Å². The van der Waals surface area contributed by atoms with Crippen LogP contribution in [-0.2, 0) is 4.79 Å². The van der Waals surface area contributed by atoms with Gasteiger partial charge in [-0.15, -0.1) is 0 Å². The lowest BCUT2D eigenvalue weighted by Crippen LogP contribution is -1.87. The van der Waals surface area contributed by atoms with Crippen LogP contribution in [-0.4, -0.2) is 12.9 Å². The molecule has 1 aromatic rings. The zero-order chi connectivity index (χ0) is 10.6. The third-order valence-corrected chi connectivity index (χ3v) is 1.97. The van der Waals surface area contributed by atoms with Crippen molar-refractivity contribution >= 4 is 11.9 Å². The van der Waals surface area contributed by atoms with Crippen LogP contribution in [0.1, 0.15) is 18.1 Å². The molecule has 0 fully saturated rings. The Morgan fingerprint density at radius 2 is 2.14 bits per heavy atom. The van der Waals surface area contributed by atoms with E-state index in [0.29, 0.717) is 0 Å². The minimum absolute atomic E-state index is 0.0558. The average molecular weight is 190 g/mol. The molecule has 74 valence electrons. The highest BCUT2D eigenvalue weighted by molar-refractivity contribution is 5.91. The van der Waals surface area contributed by atoms with Crippen molar-refractivity contribution in [3.05, 3.63) is 35.4 Å². The first-order chi connectivity index (χ1) is 6.63. The molecule has 2 nitrogen and oxygen atoms in total. The van der Waals surface area contributed by atoms with Gasteiger partial charge in [0.15, 0.2) is 5.78 Å². The van der Waals surface area contributed by atoms with Gasteiger partial charge in [0.05, 0.1) is 7.11 Å². The Kier molecular flexibility index (Phi) is 3.46. The van der Waals surface area contributed by atoms with Crippen LogP contribution in [0.15, 0.2) is 24.3 Å². The minimum atomic E-state index is 0.0558. The maximum Gasteiger partial charge on any atom is 0.152 e. The molecule has 0 saturated heterocycles. The smallest absolute Gasteiger partial charge is 0.152 e. The molecular weight excluding hydrogens is 176 g/mol. The molecule has 1 rings (SSSR count). The molecular formula is C12H14O2. The predicted octanol–water partition coefficient (Wildman–Crippen LogP) is 2.61. The number of aryl methyl sites for hydroxylation is 1. The van der Waals surface area contributed by atoms with Crippen LogP contribution < -0.4 is 4.74 Å². The number of methoxy groups -OCH3 is 1. The second kappa shape index (κ2) is 4.61. The number of carbonyl (C=O) groups is 1. The zero-order valence-electron chi connectivity index (χ0n) is 8.70. The van der Waals surface area contributed by atoms with E-state index < -0.39 is 0 Å². The summed E-state index contributed by atoms with van der Waals surface area (Å²) in [6.07, 6.45) is 3.38. The molecule has 14 heavy (non-hydrogen) atoms. The zero-order valence-corrected chi connectivity index (χ0v) is 8.70. The van der Waals surface area contributed by atoms with Gasteiger partial charge in [0, 0.05) is 0 Å². The molecule has 2 heteroatoms. The van der Waals surface area contributed by atoms with Gasteiger partial charge in [-0.3, -0.25) is 4.79 Å². The molecule has 0 saturated carbocycles. The Morgan fingerprint density at radius 3 is 2.64 bits per heavy atom. The highest BCUT2D eigenvalue weighted by Gasteiger charge is 1.96. The Labute approximate surface area is 84.2 Å². The molecule has 0 amide bonds. The molecule has 1 aromatic carbocycles. The Hall–Kier alpha value is -1.57. The van der Waals surface area contributed by atoms with E-state index in [0.717, 1.165) is 16.9 Å². The van der Waals surface area contributed by atoms with Crippen LogP contribution in [0.2, 0.25) is 0 Å². The standard InChI is InChI=1S/C12H14O2/c1-9-8-12(14-3)7-6-11(9)5-4-10(2)13/h4-8H,1-3H3. The molecule has 0 heterocycles. The molecule has 0 aliphatic heterocycles. The molecule has 0 aromatic heterocycles. The Bertz CT molecular complexity index is 365. The molecule has 0 spiro atoms. The third kappa shape index (κ3) is 2.73. The second-order valence-corrected chi connectivity index (χ2v) is 3.17. The fourth-order valence-corrected chi connectivity index (χ4v) is 1.17. The van der Waals surface area contributed by atoms with E-state index in [1.807, 2.05) is 31.2 Å². The van der Waals surface area contributed by atoms with Gasteiger partial charge < -0.3 is 4.74 Å². The summed E-state index contributed by atoms with van der Waals surface area (Å²) in [6, 6.07) is 5.76. The first-order valence-electron chi connectivity index (χ1n) is 4.47. The lowest BCUT2D eigenvalue weighted by atomic mass is 10.1. The van der Waals surface area contributed by atoms with E-state index in [1.165, 1.54) is 6.92 Å². The van der Waals surface area contributed by atoms with Gasteiger partial charge in [-0.1, -0.05) is 12.1 Å². The van der Waals surface area contributed by atoms with Gasteiger partial charge in [0.1, 0.15) is 5.75 Å². The molecule has 0 aliphatic carbocycles. The monoisotopic (exact) mass is 190 g/mol. The van der Waals surface area contributed by atoms with Gasteiger partial charge in [0.2, 0.25) is 0 Å². The summed E-state index contributed by atoms with van der Waals surface area (Å²) >= 11 is 0. The van der Waals surface area contributed by atoms with Crippen molar-refractivity contribution in [3.8, 4) is 5.75 Å². The van der Waals surface area contributed by atoms with Crippen molar-refractivity contribution in [3.63, 3.8) is 0 Å². The fourth-order valence-electron chi connectivity index (χ4n) is 1.17. The van der Waals surface area contributed by atoms with Crippen LogP contribution in [0.5, 0.6) is 5.75 Å². The topological polar surface area (TPSA) is 26.3 Å². The molecule has 0 unspecified atom stereocenters. The third-order valence-electron chi connectivity index (χ3n) is 1.97. The van der Waals surface area contributed by atoms with Crippen molar-refractivity contribution in [2.45, 2.75) is 13.8 Å². The quantitative estimate of drug-likeness (QED) is 0.685. The van der Waals surface area contributed by atoms with Crippen molar-refractivity contribution in [1.82, 2.24) is 0 Å². The summed E-state index contributed by atoms with van der Waals surface area (Å²) in [7, 11) is 1.64. The van der Waals surface area contributed by atoms with Gasteiger partial charge in [0.25, 0.3) is 0 Å². The van der Waals surface area contributed by atoms with Crippen molar-refractivity contribution in [2.75, 3.05) is 7.11 Å². The first-order valence-corrected chi connectivity index (χ1v) is 4.47. The summed E-state index contributed by atoms with van der Waals surface area (Å²) in [5.41, 5.74) is 2.14. The summed E-state index contributed by atoms with van der Waals surface area (Å²) in [6.45, 7) is 3.53. The van der Waals surface area contributed by atoms with E-state index in [2.05, 4.69) is 0 Å². The van der Waals surface area contributed by atoms with Crippen LogP contribution in [0, 0.1) is 6.92 Å². The molecule has 0 atom stereocenters. The maximum absolute atomic E-state index is 10.7. The normalized spacial score (nSPS) is 10.5. The summed E-state index contributed by atoms with van der Waals surface area (Å²) in [4.78, 5) is 10.7. The molecule has 0 aliphatic rings. The number of hydrogen-bond donors (Lipinski definition) is 0. The van der Waals surface area contributed by atoms with Gasteiger partial charge in [-0.05, 0) is 43.2 Å². The lowest BCUT2D eigenvalue weighted by Gasteiger charge is -2.03. The van der Waals surface area contributed by atoms with Crippen molar-refractivity contribution in [2.24, 2.45) is 0 Å². The van der Waals surface area contributed by atoms with Gasteiger partial charge in [-0.2, -0.15) is 0 Å². The van der Waals surface area contributed by atoms with E-state index in [1.54, 1.807) is 13.2 Å². The highest BCUT2D eigenvalue weighted by atomic mass is 16.5. The minimum Gasteiger partial charge on any atom is -0.497 e. The largest absolute Gasteiger partial charge is 0.497 e. The van der Waals surface area contributed by atoms with Crippen molar-refractivity contribution in [1.29, 1.82) is 0 Å². The summed E-state index contributed by atoms with van der Waals surface area (Å²) in [5.74, 6) is 0.891. The van der Waals surface area contributed by atoms with E-state index in [-0.39, 0.29) is 5.78 Å². The predicted molar refractivity (Wildman–Crippen MR) is 57.4 cm³/mol. The van der Waals surface area contributed by atoms with Gasteiger partial charge in [-0.25, -0.2) is 0 Å². The number of carbonyl (C=O) groups excluding carboxylic acids is 1.